The maximum absolute atomic E-state index is 5.81. The van der Waals surface area contributed by atoms with Gasteiger partial charge < -0.3 is 9.47 Å². The van der Waals surface area contributed by atoms with Crippen molar-refractivity contribution in [3.05, 3.63) is 12.7 Å². The highest BCUT2D eigenvalue weighted by Gasteiger charge is 2.06. The number of unbranched alkanes of at least 4 members (excludes halogenated alkanes) is 15. The summed E-state index contributed by atoms with van der Waals surface area (Å²) in [5.74, 6) is 0. The van der Waals surface area contributed by atoms with Gasteiger partial charge in [-0.2, -0.15) is 0 Å². The normalized spacial score (nSPS) is 12.4. The van der Waals surface area contributed by atoms with Crippen molar-refractivity contribution in [2.45, 2.75) is 129 Å². The monoisotopic (exact) mass is 382 g/mol. The molecule has 1 atom stereocenters. The average molecular weight is 383 g/mol. The zero-order valence-corrected chi connectivity index (χ0v) is 18.8. The van der Waals surface area contributed by atoms with Crippen molar-refractivity contribution >= 4 is 0 Å². The molecule has 0 radical (unpaired) electrons. The fourth-order valence-electron chi connectivity index (χ4n) is 3.54. The largest absolute Gasteiger partial charge is 0.379 e. The third-order valence-corrected chi connectivity index (χ3v) is 5.46. The fraction of sp³-hybridized carbons (Fsp3) is 0.920. The van der Waals surface area contributed by atoms with Gasteiger partial charge in [0.05, 0.1) is 12.7 Å². The summed E-state index contributed by atoms with van der Waals surface area (Å²) in [5, 5.41) is 0. The van der Waals surface area contributed by atoms with E-state index in [2.05, 4.69) is 13.5 Å². The third-order valence-electron chi connectivity index (χ3n) is 5.46. The molecule has 0 N–H and O–H groups in total. The molecule has 0 fully saturated rings. The molecule has 1 unspecified atom stereocenters. The Morgan fingerprint density at radius 1 is 0.704 bits per heavy atom. The minimum Gasteiger partial charge on any atom is -0.379 e. The summed E-state index contributed by atoms with van der Waals surface area (Å²) in [4.78, 5) is 0. The predicted molar refractivity (Wildman–Crippen MR) is 121 cm³/mol. The molecular formula is C25H50O2. The first-order valence-corrected chi connectivity index (χ1v) is 12.1. The molecule has 0 aliphatic carbocycles. The Morgan fingerprint density at radius 2 is 1.22 bits per heavy atom. The topological polar surface area (TPSA) is 18.5 Å². The molecule has 2 heteroatoms. The zero-order valence-electron chi connectivity index (χ0n) is 18.8. The van der Waals surface area contributed by atoms with Gasteiger partial charge in [0.25, 0.3) is 0 Å². The molecule has 27 heavy (non-hydrogen) atoms. The lowest BCUT2D eigenvalue weighted by Crippen LogP contribution is -2.18. The lowest BCUT2D eigenvalue weighted by Gasteiger charge is -2.15. The highest BCUT2D eigenvalue weighted by atomic mass is 16.5. The van der Waals surface area contributed by atoms with E-state index in [0.717, 1.165) is 26.1 Å². The van der Waals surface area contributed by atoms with E-state index in [0.29, 0.717) is 0 Å². The Hall–Kier alpha value is -0.340. The minimum absolute atomic E-state index is 0.265. The van der Waals surface area contributed by atoms with E-state index in [9.17, 15) is 0 Å². The van der Waals surface area contributed by atoms with Gasteiger partial charge in [-0.15, -0.1) is 6.58 Å². The Morgan fingerprint density at radius 3 is 1.70 bits per heavy atom. The van der Waals surface area contributed by atoms with Crippen LogP contribution in [-0.2, 0) is 9.47 Å². The first-order valence-electron chi connectivity index (χ1n) is 12.1. The van der Waals surface area contributed by atoms with Crippen LogP contribution in [0.4, 0.5) is 0 Å². The van der Waals surface area contributed by atoms with E-state index in [1.165, 1.54) is 103 Å². The van der Waals surface area contributed by atoms with Gasteiger partial charge in [0.2, 0.25) is 0 Å². The first kappa shape index (κ1) is 26.7. The van der Waals surface area contributed by atoms with Crippen molar-refractivity contribution in [2.24, 2.45) is 0 Å². The molecule has 0 aromatic rings. The molecule has 0 heterocycles. The summed E-state index contributed by atoms with van der Waals surface area (Å²) < 4.78 is 11.3. The molecule has 2 nitrogen and oxygen atoms in total. The Balaban J connectivity index is 3.18. The lowest BCUT2D eigenvalue weighted by atomic mass is 10.0. The smallest absolute Gasteiger partial charge is 0.0804 e. The van der Waals surface area contributed by atoms with Gasteiger partial charge in [0.15, 0.2) is 0 Å². The van der Waals surface area contributed by atoms with E-state index in [4.69, 9.17) is 9.47 Å². The van der Waals surface area contributed by atoms with Crippen LogP contribution in [-0.4, -0.2) is 26.4 Å². The second kappa shape index (κ2) is 23.7. The summed E-state index contributed by atoms with van der Waals surface area (Å²) in [6.07, 6.45) is 26.5. The summed E-state index contributed by atoms with van der Waals surface area (Å²) in [6, 6.07) is 0. The molecule has 0 aromatic heterocycles. The van der Waals surface area contributed by atoms with Gasteiger partial charge in [-0.25, -0.2) is 0 Å². The van der Waals surface area contributed by atoms with Crippen LogP contribution in [0.5, 0.6) is 0 Å². The number of hydrogen-bond acceptors (Lipinski definition) is 2. The standard InChI is InChI=1S/C25H50O2/c1-4-6-8-10-11-12-13-14-15-16-17-18-19-21-23-27-24-25(26-3)22-20-9-7-5-2/h5,25H,2,4,6-24H2,1,3H3. The van der Waals surface area contributed by atoms with E-state index < -0.39 is 0 Å². The van der Waals surface area contributed by atoms with Crippen molar-refractivity contribution < 1.29 is 9.47 Å². The zero-order chi connectivity index (χ0) is 19.8. The van der Waals surface area contributed by atoms with Crippen molar-refractivity contribution in [1.82, 2.24) is 0 Å². The van der Waals surface area contributed by atoms with Gasteiger partial charge in [0.1, 0.15) is 0 Å². The van der Waals surface area contributed by atoms with Crippen LogP contribution >= 0.6 is 0 Å². The van der Waals surface area contributed by atoms with E-state index in [-0.39, 0.29) is 6.10 Å². The predicted octanol–water partition coefficient (Wildman–Crippen LogP) is 8.25. The van der Waals surface area contributed by atoms with Gasteiger partial charge in [-0.3, -0.25) is 0 Å². The van der Waals surface area contributed by atoms with Crippen LogP contribution in [0.2, 0.25) is 0 Å². The van der Waals surface area contributed by atoms with Crippen molar-refractivity contribution in [2.75, 3.05) is 20.3 Å². The molecule has 162 valence electrons. The molecule has 0 rings (SSSR count). The van der Waals surface area contributed by atoms with E-state index >= 15 is 0 Å². The molecule has 0 aliphatic rings. The van der Waals surface area contributed by atoms with Crippen LogP contribution in [0.25, 0.3) is 0 Å². The summed E-state index contributed by atoms with van der Waals surface area (Å²) in [6.45, 7) is 7.70. The number of ether oxygens (including phenoxy) is 2. The third kappa shape index (κ3) is 21.8. The first-order chi connectivity index (χ1) is 13.3. The lowest BCUT2D eigenvalue weighted by molar-refractivity contribution is 0.00227. The molecule has 0 aliphatic heterocycles. The Labute approximate surface area is 171 Å². The number of hydrogen-bond donors (Lipinski definition) is 0. The highest BCUT2D eigenvalue weighted by Crippen LogP contribution is 2.13. The number of allylic oxidation sites excluding steroid dienone is 1. The quantitative estimate of drug-likeness (QED) is 0.131. The van der Waals surface area contributed by atoms with Crippen molar-refractivity contribution in [1.29, 1.82) is 0 Å². The summed E-state index contributed by atoms with van der Waals surface area (Å²) in [5.41, 5.74) is 0. The molecule has 0 saturated carbocycles. The van der Waals surface area contributed by atoms with Gasteiger partial charge in [-0.05, 0) is 25.7 Å². The maximum atomic E-state index is 5.81. The van der Waals surface area contributed by atoms with Crippen LogP contribution in [0.15, 0.2) is 12.7 Å². The van der Waals surface area contributed by atoms with E-state index in [1.54, 1.807) is 7.11 Å². The molecule has 0 saturated heterocycles. The SMILES string of the molecule is C=CCCCCC(COCCCCCCCCCCCCCCCC)OC. The van der Waals surface area contributed by atoms with Gasteiger partial charge in [0, 0.05) is 13.7 Å². The molecule has 0 amide bonds. The molecule has 0 bridgehead atoms. The Kier molecular flexibility index (Phi) is 23.4. The van der Waals surface area contributed by atoms with E-state index in [1.807, 2.05) is 6.08 Å². The minimum atomic E-state index is 0.265. The van der Waals surface area contributed by atoms with Gasteiger partial charge in [-0.1, -0.05) is 103 Å². The number of methoxy groups -OCH3 is 1. The van der Waals surface area contributed by atoms with Crippen LogP contribution < -0.4 is 0 Å². The molecule has 0 aromatic carbocycles. The number of rotatable bonds is 23. The highest BCUT2D eigenvalue weighted by molar-refractivity contribution is 4.66. The van der Waals surface area contributed by atoms with Crippen LogP contribution in [0.3, 0.4) is 0 Å². The summed E-state index contributed by atoms with van der Waals surface area (Å²) >= 11 is 0. The van der Waals surface area contributed by atoms with Crippen LogP contribution in [0.1, 0.15) is 122 Å². The van der Waals surface area contributed by atoms with Crippen LogP contribution in [0, 0.1) is 0 Å². The molecule has 0 spiro atoms. The second-order valence-corrected chi connectivity index (χ2v) is 8.10. The average Bonchev–Trinajstić information content (AvgIpc) is 2.69. The summed E-state index contributed by atoms with van der Waals surface area (Å²) in [7, 11) is 1.80. The molecular weight excluding hydrogens is 332 g/mol. The van der Waals surface area contributed by atoms with Crippen molar-refractivity contribution in [3.63, 3.8) is 0 Å². The maximum Gasteiger partial charge on any atom is 0.0804 e. The van der Waals surface area contributed by atoms with Gasteiger partial charge >= 0.3 is 0 Å². The second-order valence-electron chi connectivity index (χ2n) is 8.10. The van der Waals surface area contributed by atoms with Crippen molar-refractivity contribution in [3.8, 4) is 0 Å². The Bertz CT molecular complexity index is 277. The fourth-order valence-corrected chi connectivity index (χ4v) is 3.54.